The number of thiophene rings is 1. The minimum absolute atomic E-state index is 0.0946. The lowest BCUT2D eigenvalue weighted by Gasteiger charge is -2.32. The number of carbonyl (C=O) groups excluding carboxylic acids is 1. The third kappa shape index (κ3) is 3.82. The molecule has 1 aliphatic heterocycles. The van der Waals surface area contributed by atoms with Gasteiger partial charge in [-0.25, -0.2) is 4.98 Å². The first-order valence-electron chi connectivity index (χ1n) is 7.64. The fraction of sp³-hybridized carbons (Fsp3) is 0.438. The minimum Gasteiger partial charge on any atom is -0.481 e. The first kappa shape index (κ1) is 16.7. The van der Waals surface area contributed by atoms with Gasteiger partial charge in [-0.2, -0.15) is 0 Å². The highest BCUT2D eigenvalue weighted by molar-refractivity contribution is 7.13. The van der Waals surface area contributed by atoms with Crippen molar-refractivity contribution in [2.45, 2.75) is 25.9 Å². The lowest BCUT2D eigenvalue weighted by molar-refractivity contribution is -0.147. The fourth-order valence-corrected chi connectivity index (χ4v) is 3.27. The van der Waals surface area contributed by atoms with Gasteiger partial charge in [-0.1, -0.05) is 6.07 Å². The number of oxazole rings is 1. The second-order valence-electron chi connectivity index (χ2n) is 5.61. The Morgan fingerprint density at radius 2 is 2.33 bits per heavy atom. The van der Waals surface area contributed by atoms with Gasteiger partial charge in [-0.05, 0) is 18.4 Å². The van der Waals surface area contributed by atoms with E-state index in [4.69, 9.17) is 14.3 Å². The van der Waals surface area contributed by atoms with Crippen molar-refractivity contribution in [3.63, 3.8) is 0 Å². The van der Waals surface area contributed by atoms with E-state index in [0.29, 0.717) is 37.0 Å². The summed E-state index contributed by atoms with van der Waals surface area (Å²) >= 11 is 1.53. The van der Waals surface area contributed by atoms with Crippen molar-refractivity contribution in [3.8, 4) is 10.8 Å². The Balaban J connectivity index is 1.65. The second-order valence-corrected chi connectivity index (χ2v) is 6.55. The number of morpholine rings is 1. The van der Waals surface area contributed by atoms with Crippen LogP contribution in [0.5, 0.6) is 0 Å². The van der Waals surface area contributed by atoms with E-state index < -0.39 is 12.1 Å². The molecule has 128 valence electrons. The first-order valence-corrected chi connectivity index (χ1v) is 8.52. The smallest absolute Gasteiger partial charge is 0.306 e. The van der Waals surface area contributed by atoms with E-state index in [-0.39, 0.29) is 18.7 Å². The van der Waals surface area contributed by atoms with Crippen LogP contribution in [0.2, 0.25) is 0 Å². The Labute approximate surface area is 142 Å². The number of nitrogens with zero attached hydrogens (tertiary/aromatic N) is 2. The molecule has 0 saturated carbocycles. The summed E-state index contributed by atoms with van der Waals surface area (Å²) in [5, 5.41) is 10.8. The van der Waals surface area contributed by atoms with Gasteiger partial charge in [0.25, 0.3) is 0 Å². The molecular formula is C16H18N2O5S. The zero-order valence-electron chi connectivity index (χ0n) is 13.2. The van der Waals surface area contributed by atoms with Gasteiger partial charge in [0.1, 0.15) is 5.76 Å². The number of hydrogen-bond donors (Lipinski definition) is 1. The predicted molar refractivity (Wildman–Crippen MR) is 86.8 cm³/mol. The molecule has 1 amide bonds. The van der Waals surface area contributed by atoms with Gasteiger partial charge in [-0.15, -0.1) is 11.3 Å². The molecule has 24 heavy (non-hydrogen) atoms. The Bertz CT molecular complexity index is 725. The lowest BCUT2D eigenvalue weighted by atomic mass is 10.2. The van der Waals surface area contributed by atoms with E-state index in [1.165, 1.54) is 11.3 Å². The topological polar surface area (TPSA) is 92.9 Å². The largest absolute Gasteiger partial charge is 0.481 e. The third-order valence-electron chi connectivity index (χ3n) is 3.84. The van der Waals surface area contributed by atoms with Crippen LogP contribution in [-0.2, 0) is 20.7 Å². The Hall–Kier alpha value is -2.19. The Kier molecular flexibility index (Phi) is 4.96. The molecule has 1 atom stereocenters. The van der Waals surface area contributed by atoms with E-state index >= 15 is 0 Å². The van der Waals surface area contributed by atoms with Gasteiger partial charge in [0.2, 0.25) is 11.8 Å². The summed E-state index contributed by atoms with van der Waals surface area (Å²) in [6.07, 6.45) is -0.421. The molecule has 7 nitrogen and oxygen atoms in total. The molecule has 2 aromatic heterocycles. The molecule has 0 bridgehead atoms. The maximum Gasteiger partial charge on any atom is 0.306 e. The van der Waals surface area contributed by atoms with Crippen LogP contribution in [0.4, 0.5) is 0 Å². The number of aliphatic carboxylic acids is 1. The summed E-state index contributed by atoms with van der Waals surface area (Å²) in [5.74, 6) is 0.128. The number of rotatable bonds is 5. The number of hydrogen-bond acceptors (Lipinski definition) is 6. The molecule has 2 aromatic rings. The highest BCUT2D eigenvalue weighted by Gasteiger charge is 2.27. The van der Waals surface area contributed by atoms with E-state index in [9.17, 15) is 9.59 Å². The van der Waals surface area contributed by atoms with Crippen molar-refractivity contribution >= 4 is 23.2 Å². The standard InChI is InChI=1S/C16H18N2O5S/c1-10-12(17-16(23-10)13-3-2-6-24-13)8-14(19)18-4-5-22-11(9-18)7-15(20)21/h2-3,6,11H,4-5,7-9H2,1H3,(H,20,21)/t11-/m1/s1. The van der Waals surface area contributed by atoms with Crippen molar-refractivity contribution in [1.82, 2.24) is 9.88 Å². The van der Waals surface area contributed by atoms with Gasteiger partial charge in [0.05, 0.1) is 36.1 Å². The molecule has 0 radical (unpaired) electrons. The van der Waals surface area contributed by atoms with Crippen LogP contribution in [0.25, 0.3) is 10.8 Å². The number of carbonyl (C=O) groups is 2. The fourth-order valence-electron chi connectivity index (χ4n) is 2.62. The summed E-state index contributed by atoms with van der Waals surface area (Å²) in [5.41, 5.74) is 0.615. The van der Waals surface area contributed by atoms with Gasteiger partial charge >= 0.3 is 5.97 Å². The minimum atomic E-state index is -0.928. The Morgan fingerprint density at radius 3 is 3.04 bits per heavy atom. The van der Waals surface area contributed by atoms with Gasteiger partial charge in [-0.3, -0.25) is 9.59 Å². The summed E-state index contributed by atoms with van der Waals surface area (Å²) < 4.78 is 11.0. The van der Waals surface area contributed by atoms with Crippen LogP contribution >= 0.6 is 11.3 Å². The molecule has 1 aliphatic rings. The average molecular weight is 350 g/mol. The van der Waals surface area contributed by atoms with Crippen molar-refractivity contribution in [3.05, 3.63) is 29.0 Å². The number of aromatic nitrogens is 1. The predicted octanol–water partition coefficient (Wildman–Crippen LogP) is 1.96. The molecule has 1 saturated heterocycles. The van der Waals surface area contributed by atoms with Gasteiger partial charge in [0, 0.05) is 13.1 Å². The van der Waals surface area contributed by atoms with Crippen LogP contribution < -0.4 is 0 Å². The zero-order chi connectivity index (χ0) is 17.1. The number of carboxylic acid groups (broad SMARTS) is 1. The molecule has 3 heterocycles. The monoisotopic (exact) mass is 350 g/mol. The maximum atomic E-state index is 12.5. The van der Waals surface area contributed by atoms with E-state index in [1.807, 2.05) is 17.5 Å². The molecule has 0 unspecified atom stereocenters. The van der Waals surface area contributed by atoms with Crippen LogP contribution in [0.1, 0.15) is 17.9 Å². The number of carboxylic acids is 1. The van der Waals surface area contributed by atoms with E-state index in [0.717, 1.165) is 4.88 Å². The van der Waals surface area contributed by atoms with Crippen LogP contribution in [0, 0.1) is 6.92 Å². The van der Waals surface area contributed by atoms with Gasteiger partial charge in [0.15, 0.2) is 0 Å². The van der Waals surface area contributed by atoms with Crippen molar-refractivity contribution < 1.29 is 23.8 Å². The SMILES string of the molecule is Cc1oc(-c2cccs2)nc1CC(=O)N1CCO[C@H](CC(=O)O)C1. The highest BCUT2D eigenvalue weighted by Crippen LogP contribution is 2.26. The molecular weight excluding hydrogens is 332 g/mol. The lowest BCUT2D eigenvalue weighted by Crippen LogP contribution is -2.46. The average Bonchev–Trinajstić information content (AvgIpc) is 3.17. The summed E-state index contributed by atoms with van der Waals surface area (Å²) in [6.45, 7) is 2.89. The van der Waals surface area contributed by atoms with Crippen LogP contribution in [-0.4, -0.2) is 52.7 Å². The molecule has 8 heteroatoms. The van der Waals surface area contributed by atoms with Gasteiger partial charge < -0.3 is 19.2 Å². The Morgan fingerprint density at radius 1 is 1.50 bits per heavy atom. The molecule has 0 aliphatic carbocycles. The zero-order valence-corrected chi connectivity index (χ0v) is 14.0. The molecule has 3 rings (SSSR count). The van der Waals surface area contributed by atoms with Crippen LogP contribution in [0.3, 0.4) is 0 Å². The summed E-state index contributed by atoms with van der Waals surface area (Å²) in [7, 11) is 0. The molecule has 1 N–H and O–H groups in total. The summed E-state index contributed by atoms with van der Waals surface area (Å²) in [4.78, 5) is 30.3. The van der Waals surface area contributed by atoms with E-state index in [1.54, 1.807) is 11.8 Å². The van der Waals surface area contributed by atoms with Crippen molar-refractivity contribution in [1.29, 1.82) is 0 Å². The van der Waals surface area contributed by atoms with E-state index in [2.05, 4.69) is 4.98 Å². The number of ether oxygens (including phenoxy) is 1. The van der Waals surface area contributed by atoms with Crippen molar-refractivity contribution in [2.75, 3.05) is 19.7 Å². The molecule has 0 spiro atoms. The third-order valence-corrected chi connectivity index (χ3v) is 4.69. The van der Waals surface area contributed by atoms with Crippen LogP contribution in [0.15, 0.2) is 21.9 Å². The normalized spacial score (nSPS) is 17.9. The van der Waals surface area contributed by atoms with Crippen molar-refractivity contribution in [2.24, 2.45) is 0 Å². The highest BCUT2D eigenvalue weighted by atomic mass is 32.1. The second kappa shape index (κ2) is 7.14. The molecule has 1 fully saturated rings. The quantitative estimate of drug-likeness (QED) is 0.886. The molecule has 0 aromatic carbocycles. The first-order chi connectivity index (χ1) is 11.5. The summed E-state index contributed by atoms with van der Waals surface area (Å²) in [6, 6.07) is 3.83. The number of aryl methyl sites for hydroxylation is 1. The maximum absolute atomic E-state index is 12.5. The number of amides is 1.